The highest BCUT2D eigenvalue weighted by molar-refractivity contribution is 7.98. The van der Waals surface area contributed by atoms with Crippen LogP contribution >= 0.6 is 11.8 Å². The van der Waals surface area contributed by atoms with Gasteiger partial charge in [-0.3, -0.25) is 52.7 Å². The predicted octanol–water partition coefficient (Wildman–Crippen LogP) is -3.30. The molecule has 0 aliphatic carbocycles. The summed E-state index contributed by atoms with van der Waals surface area (Å²) in [5.41, 5.74) is 5.70. The first-order valence-corrected chi connectivity index (χ1v) is 22.2. The van der Waals surface area contributed by atoms with Crippen LogP contribution in [-0.2, 0) is 57.5 Å². The third-order valence-corrected chi connectivity index (χ3v) is 10.1. The maximum atomic E-state index is 13.9. The van der Waals surface area contributed by atoms with Gasteiger partial charge in [-0.1, -0.05) is 27.7 Å². The van der Waals surface area contributed by atoms with Crippen molar-refractivity contribution < 1.29 is 88.2 Å². The Morgan fingerprint density at radius 3 is 1.24 bits per heavy atom. The van der Waals surface area contributed by atoms with Crippen molar-refractivity contribution in [3.63, 3.8) is 0 Å². The van der Waals surface area contributed by atoms with Crippen molar-refractivity contribution in [2.45, 2.75) is 147 Å². The van der Waals surface area contributed by atoms with Crippen LogP contribution in [-0.4, -0.2) is 168 Å². The van der Waals surface area contributed by atoms with Crippen LogP contribution in [0.25, 0.3) is 0 Å². The standard InChI is InChI=1S/C39H64N8O18S/c1-17(2)15-24(36(61)46-30(18(3)4)37(62)43-23(13-14-66-6)35(60)45-25(39(64)65)16-29(55)56)44-34(59)21(8-11-27(51)52)41-33(58)22(9-12-28(53)54)42-38(63)31(19(5)48)47-32(57)20(40)7-10-26(49)50/h17-25,30-31,48H,7-16,40H2,1-6H3,(H,41,58)(H,42,63)(H,43,62)(H,44,59)(H,45,60)(H,46,61)(H,47,57)(H,49,50)(H,51,52)(H,53,54)(H,55,56)(H,64,65)/t19-,20+,21+,22+,23+,24+,25+,30+,31+/m1/s1. The molecule has 0 bridgehead atoms. The molecule has 66 heavy (non-hydrogen) atoms. The zero-order valence-electron chi connectivity index (χ0n) is 37.5. The molecule has 0 unspecified atom stereocenters. The van der Waals surface area contributed by atoms with Gasteiger partial charge < -0.3 is 73.6 Å². The van der Waals surface area contributed by atoms with E-state index in [1.807, 2.05) is 0 Å². The number of rotatable bonds is 33. The summed E-state index contributed by atoms with van der Waals surface area (Å²) in [6.07, 6.45) is -4.58. The van der Waals surface area contributed by atoms with Crippen molar-refractivity contribution in [2.24, 2.45) is 17.6 Å². The summed E-state index contributed by atoms with van der Waals surface area (Å²) in [6.45, 7) is 7.51. The second-order valence-corrected chi connectivity index (χ2v) is 17.0. The SMILES string of the molecule is CSCC[C@H](NC(=O)[C@@H](NC(=O)[C@H](CC(C)C)NC(=O)[C@H](CCC(=O)O)NC(=O)[C@H](CCC(=O)O)NC(=O)[C@@H](NC(=O)[C@@H](N)CCC(=O)O)[C@@H](C)O)C(C)C)C(=O)N[C@@H](CC(=O)O)C(=O)O. The summed E-state index contributed by atoms with van der Waals surface area (Å²) in [5.74, 6) is -15.4. The molecule has 0 aliphatic rings. The molecule has 0 saturated heterocycles. The second-order valence-electron chi connectivity index (χ2n) is 16.0. The Labute approximate surface area is 384 Å². The molecule has 0 aliphatic heterocycles. The average Bonchev–Trinajstić information content (AvgIpc) is 3.20. The highest BCUT2D eigenvalue weighted by atomic mass is 32.2. The molecule has 9 atom stereocenters. The summed E-state index contributed by atoms with van der Waals surface area (Å²) in [7, 11) is 0. The van der Waals surface area contributed by atoms with Crippen molar-refractivity contribution >= 4 is 83.0 Å². The molecule has 7 amide bonds. The number of aliphatic carboxylic acids is 5. The van der Waals surface area contributed by atoms with E-state index in [0.717, 1.165) is 6.92 Å². The molecule has 0 fully saturated rings. The lowest BCUT2D eigenvalue weighted by Gasteiger charge is -2.29. The van der Waals surface area contributed by atoms with Gasteiger partial charge in [0, 0.05) is 19.3 Å². The predicted molar refractivity (Wildman–Crippen MR) is 231 cm³/mol. The van der Waals surface area contributed by atoms with Crippen LogP contribution in [0.4, 0.5) is 0 Å². The molecule has 0 aromatic carbocycles. The second kappa shape index (κ2) is 30.2. The highest BCUT2D eigenvalue weighted by Crippen LogP contribution is 2.12. The fourth-order valence-electron chi connectivity index (χ4n) is 5.86. The van der Waals surface area contributed by atoms with Crippen LogP contribution < -0.4 is 43.0 Å². The van der Waals surface area contributed by atoms with Gasteiger partial charge in [-0.15, -0.1) is 0 Å². The average molecular weight is 965 g/mol. The quantitative estimate of drug-likeness (QED) is 0.0306. The molecule has 0 spiro atoms. The summed E-state index contributed by atoms with van der Waals surface area (Å²) >= 11 is 1.28. The number of carbonyl (C=O) groups is 12. The van der Waals surface area contributed by atoms with Gasteiger partial charge in [-0.2, -0.15) is 11.8 Å². The lowest BCUT2D eigenvalue weighted by atomic mass is 9.99. The number of carboxylic acid groups (broad SMARTS) is 5. The maximum Gasteiger partial charge on any atom is 0.326 e. The van der Waals surface area contributed by atoms with Crippen LogP contribution in [0.1, 0.15) is 92.4 Å². The molecule has 0 aromatic heterocycles. The number of hydrogen-bond acceptors (Lipinski definition) is 15. The van der Waals surface area contributed by atoms with Gasteiger partial charge in [0.05, 0.1) is 18.6 Å². The fraction of sp³-hybridized carbons (Fsp3) is 0.692. The smallest absolute Gasteiger partial charge is 0.326 e. The van der Waals surface area contributed by atoms with E-state index in [0.29, 0.717) is 0 Å². The largest absolute Gasteiger partial charge is 0.481 e. The third kappa shape index (κ3) is 23.7. The molecule has 26 nitrogen and oxygen atoms in total. The molecule has 0 rings (SSSR count). The van der Waals surface area contributed by atoms with Gasteiger partial charge in [-0.05, 0) is 62.9 Å². The zero-order chi connectivity index (χ0) is 51.0. The van der Waals surface area contributed by atoms with Crippen molar-refractivity contribution in [1.82, 2.24) is 37.2 Å². The number of carboxylic acids is 5. The number of hydrogen-bond donors (Lipinski definition) is 14. The van der Waals surface area contributed by atoms with E-state index in [-0.39, 0.29) is 30.9 Å². The number of thioether (sulfide) groups is 1. The van der Waals surface area contributed by atoms with Crippen LogP contribution in [0.5, 0.6) is 0 Å². The first-order chi connectivity index (χ1) is 30.6. The Morgan fingerprint density at radius 2 is 0.848 bits per heavy atom. The van der Waals surface area contributed by atoms with Gasteiger partial charge in [0.25, 0.3) is 0 Å². The summed E-state index contributed by atoms with van der Waals surface area (Å²) in [5, 5.41) is 72.5. The van der Waals surface area contributed by atoms with Gasteiger partial charge in [0.15, 0.2) is 0 Å². The molecule has 27 heteroatoms. The van der Waals surface area contributed by atoms with Crippen molar-refractivity contribution in [2.75, 3.05) is 12.0 Å². The first kappa shape index (κ1) is 59.9. The Kier molecular flexibility index (Phi) is 27.4. The van der Waals surface area contributed by atoms with Gasteiger partial charge in [-0.25, -0.2) is 4.79 Å². The summed E-state index contributed by atoms with van der Waals surface area (Å²) < 4.78 is 0. The van der Waals surface area contributed by atoms with Crippen LogP contribution in [0.15, 0.2) is 0 Å². The Bertz CT molecular complexity index is 1750. The Balaban J connectivity index is 6.55. The van der Waals surface area contributed by atoms with Gasteiger partial charge in [0.1, 0.15) is 42.3 Å². The number of carbonyl (C=O) groups excluding carboxylic acids is 7. The van der Waals surface area contributed by atoms with E-state index < -0.39 is 170 Å². The van der Waals surface area contributed by atoms with Crippen LogP contribution in [0, 0.1) is 11.8 Å². The maximum absolute atomic E-state index is 13.9. The van der Waals surface area contributed by atoms with Crippen molar-refractivity contribution in [3.8, 4) is 0 Å². The number of aliphatic hydroxyl groups is 1. The minimum atomic E-state index is -1.83. The van der Waals surface area contributed by atoms with E-state index in [1.165, 1.54) is 25.6 Å². The minimum Gasteiger partial charge on any atom is -0.481 e. The van der Waals surface area contributed by atoms with E-state index in [2.05, 4.69) is 37.2 Å². The van der Waals surface area contributed by atoms with E-state index in [9.17, 15) is 78.0 Å². The first-order valence-electron chi connectivity index (χ1n) is 20.8. The normalized spacial score (nSPS) is 15.2. The van der Waals surface area contributed by atoms with E-state index in [1.54, 1.807) is 20.1 Å². The molecule has 0 saturated carbocycles. The molecule has 0 radical (unpaired) electrons. The monoisotopic (exact) mass is 964 g/mol. The summed E-state index contributed by atoms with van der Waals surface area (Å²) in [4.78, 5) is 151. The number of aliphatic hydroxyl groups excluding tert-OH is 1. The lowest BCUT2D eigenvalue weighted by molar-refractivity contribution is -0.147. The van der Waals surface area contributed by atoms with Crippen molar-refractivity contribution in [1.29, 1.82) is 0 Å². The van der Waals surface area contributed by atoms with E-state index in [4.69, 9.17) is 15.9 Å². The third-order valence-electron chi connectivity index (χ3n) is 9.45. The Morgan fingerprint density at radius 1 is 0.470 bits per heavy atom. The molecule has 0 aromatic rings. The fourth-order valence-corrected chi connectivity index (χ4v) is 6.33. The van der Waals surface area contributed by atoms with Crippen molar-refractivity contribution in [3.05, 3.63) is 0 Å². The van der Waals surface area contributed by atoms with Crippen LogP contribution in [0.3, 0.4) is 0 Å². The molecular formula is C39H64N8O18S. The molecule has 0 heterocycles. The van der Waals surface area contributed by atoms with Crippen LogP contribution in [0.2, 0.25) is 0 Å². The minimum absolute atomic E-state index is 0.0319. The lowest BCUT2D eigenvalue weighted by Crippen LogP contribution is -2.61. The number of amides is 7. The summed E-state index contributed by atoms with van der Waals surface area (Å²) in [6, 6.07) is -12.8. The molecular weight excluding hydrogens is 901 g/mol. The number of nitrogens with one attached hydrogen (secondary N) is 7. The van der Waals surface area contributed by atoms with Gasteiger partial charge >= 0.3 is 29.8 Å². The Hall–Kier alpha value is -6.09. The molecule has 374 valence electrons. The van der Waals surface area contributed by atoms with Gasteiger partial charge in [0.2, 0.25) is 41.4 Å². The van der Waals surface area contributed by atoms with E-state index >= 15 is 0 Å². The highest BCUT2D eigenvalue weighted by Gasteiger charge is 2.36. The number of nitrogens with two attached hydrogens (primary N) is 1. The molecule has 15 N–H and O–H groups in total. The topological polar surface area (TPSA) is 436 Å². The zero-order valence-corrected chi connectivity index (χ0v) is 38.3.